The van der Waals surface area contributed by atoms with Crippen LogP contribution in [0.4, 0.5) is 11.4 Å². The molecule has 0 aliphatic rings. The van der Waals surface area contributed by atoms with E-state index in [2.05, 4.69) is 26.1 Å². The topological polar surface area (TPSA) is 95.5 Å². The molecule has 7 nitrogen and oxygen atoms in total. The SMILES string of the molecule is C/C(=N\NC(=O)CNc1cccc(C(=O)Nc2ccccc2)c1)c1ccncc1. The second-order valence-electron chi connectivity index (χ2n) is 6.22. The van der Waals surface area contributed by atoms with Crippen LogP contribution in [0.2, 0.25) is 0 Å². The lowest BCUT2D eigenvalue weighted by Crippen LogP contribution is -2.26. The van der Waals surface area contributed by atoms with E-state index < -0.39 is 0 Å². The summed E-state index contributed by atoms with van der Waals surface area (Å²) < 4.78 is 0. The van der Waals surface area contributed by atoms with Crippen LogP contribution in [0.1, 0.15) is 22.8 Å². The summed E-state index contributed by atoms with van der Waals surface area (Å²) in [4.78, 5) is 28.4. The maximum Gasteiger partial charge on any atom is 0.259 e. The Labute approximate surface area is 168 Å². The van der Waals surface area contributed by atoms with Crippen LogP contribution in [-0.2, 0) is 4.79 Å². The lowest BCUT2D eigenvalue weighted by Gasteiger charge is -2.09. The molecule has 146 valence electrons. The van der Waals surface area contributed by atoms with E-state index in [4.69, 9.17) is 0 Å². The highest BCUT2D eigenvalue weighted by atomic mass is 16.2. The third-order valence-corrected chi connectivity index (χ3v) is 4.06. The van der Waals surface area contributed by atoms with Gasteiger partial charge in [0.05, 0.1) is 12.3 Å². The molecule has 0 atom stereocenters. The number of aromatic nitrogens is 1. The Balaban J connectivity index is 1.53. The van der Waals surface area contributed by atoms with Gasteiger partial charge in [-0.2, -0.15) is 5.10 Å². The highest BCUT2D eigenvalue weighted by Crippen LogP contribution is 2.13. The first kappa shape index (κ1) is 19.8. The highest BCUT2D eigenvalue weighted by molar-refractivity contribution is 6.04. The van der Waals surface area contributed by atoms with Crippen LogP contribution in [-0.4, -0.2) is 29.1 Å². The molecule has 29 heavy (non-hydrogen) atoms. The number of pyridine rings is 1. The number of nitrogens with one attached hydrogen (secondary N) is 3. The maximum absolute atomic E-state index is 12.4. The Kier molecular flexibility index (Phi) is 6.67. The van der Waals surface area contributed by atoms with Gasteiger partial charge in [0.2, 0.25) is 0 Å². The molecule has 3 rings (SSSR count). The number of anilines is 2. The number of rotatable bonds is 7. The summed E-state index contributed by atoms with van der Waals surface area (Å²) in [7, 11) is 0. The van der Waals surface area contributed by atoms with E-state index in [0.717, 1.165) is 11.3 Å². The Hall–Kier alpha value is -4.00. The van der Waals surface area contributed by atoms with Crippen molar-refractivity contribution in [1.82, 2.24) is 10.4 Å². The minimum absolute atomic E-state index is 0.0247. The number of hydrogen-bond donors (Lipinski definition) is 3. The molecule has 0 aliphatic carbocycles. The molecule has 1 heterocycles. The van der Waals surface area contributed by atoms with E-state index in [-0.39, 0.29) is 18.4 Å². The molecule has 0 saturated carbocycles. The van der Waals surface area contributed by atoms with E-state index >= 15 is 0 Å². The molecular formula is C22H21N5O2. The fourth-order valence-electron chi connectivity index (χ4n) is 2.52. The predicted octanol–water partition coefficient (Wildman–Crippen LogP) is 3.29. The molecule has 2 amide bonds. The molecule has 3 N–H and O–H groups in total. The van der Waals surface area contributed by atoms with Gasteiger partial charge in [-0.05, 0) is 49.4 Å². The molecule has 1 aromatic heterocycles. The van der Waals surface area contributed by atoms with Gasteiger partial charge in [-0.3, -0.25) is 14.6 Å². The quantitative estimate of drug-likeness (QED) is 0.428. The Morgan fingerprint density at radius 1 is 0.897 bits per heavy atom. The summed E-state index contributed by atoms with van der Waals surface area (Å²) >= 11 is 0. The largest absolute Gasteiger partial charge is 0.376 e. The normalized spacial score (nSPS) is 10.9. The fraction of sp³-hybridized carbons (Fsp3) is 0.0909. The van der Waals surface area contributed by atoms with Crippen LogP contribution in [0.15, 0.2) is 84.2 Å². The molecule has 0 aliphatic heterocycles. The van der Waals surface area contributed by atoms with E-state index in [1.165, 1.54) is 0 Å². The van der Waals surface area contributed by atoms with E-state index in [9.17, 15) is 9.59 Å². The minimum atomic E-state index is -0.294. The van der Waals surface area contributed by atoms with Crippen molar-refractivity contribution in [2.45, 2.75) is 6.92 Å². The number of para-hydroxylation sites is 1. The van der Waals surface area contributed by atoms with Crippen LogP contribution >= 0.6 is 0 Å². The van der Waals surface area contributed by atoms with Gasteiger partial charge >= 0.3 is 0 Å². The monoisotopic (exact) mass is 387 g/mol. The second-order valence-corrected chi connectivity index (χ2v) is 6.22. The summed E-state index contributed by atoms with van der Waals surface area (Å²) in [6, 6.07) is 19.8. The van der Waals surface area contributed by atoms with Crippen LogP contribution in [0.25, 0.3) is 0 Å². The Morgan fingerprint density at radius 3 is 2.38 bits per heavy atom. The van der Waals surface area contributed by atoms with Crippen molar-refractivity contribution in [2.75, 3.05) is 17.2 Å². The van der Waals surface area contributed by atoms with Crippen molar-refractivity contribution < 1.29 is 9.59 Å². The van der Waals surface area contributed by atoms with Crippen LogP contribution < -0.4 is 16.1 Å². The molecule has 0 unspecified atom stereocenters. The van der Waals surface area contributed by atoms with E-state index in [0.29, 0.717) is 17.0 Å². The van der Waals surface area contributed by atoms with Crippen molar-refractivity contribution >= 4 is 28.9 Å². The molecule has 2 aromatic carbocycles. The van der Waals surface area contributed by atoms with Gasteiger partial charge in [-0.1, -0.05) is 24.3 Å². The average molecular weight is 387 g/mol. The summed E-state index contributed by atoms with van der Waals surface area (Å²) in [5, 5.41) is 9.91. The lowest BCUT2D eigenvalue weighted by atomic mass is 10.2. The summed E-state index contributed by atoms with van der Waals surface area (Å²) in [5.41, 5.74) is 5.94. The second kappa shape index (κ2) is 9.80. The van der Waals surface area contributed by atoms with Gasteiger partial charge < -0.3 is 10.6 Å². The first-order valence-corrected chi connectivity index (χ1v) is 9.06. The number of nitrogens with zero attached hydrogens (tertiary/aromatic N) is 2. The van der Waals surface area contributed by atoms with Crippen LogP contribution in [0, 0.1) is 0 Å². The average Bonchev–Trinajstić information content (AvgIpc) is 2.77. The van der Waals surface area contributed by atoms with Gasteiger partial charge in [-0.15, -0.1) is 0 Å². The zero-order valence-corrected chi connectivity index (χ0v) is 15.9. The molecule has 0 bridgehead atoms. The Bertz CT molecular complexity index is 1000. The third kappa shape index (κ3) is 6.00. The highest BCUT2D eigenvalue weighted by Gasteiger charge is 2.07. The molecule has 0 spiro atoms. The number of carbonyl (C=O) groups excluding carboxylic acids is 2. The molecule has 7 heteroatoms. The van der Waals surface area contributed by atoms with Gasteiger partial charge in [-0.25, -0.2) is 5.43 Å². The van der Waals surface area contributed by atoms with Crippen molar-refractivity contribution in [2.24, 2.45) is 5.10 Å². The Morgan fingerprint density at radius 2 is 1.62 bits per heavy atom. The lowest BCUT2D eigenvalue weighted by molar-refractivity contribution is -0.119. The number of amides is 2. The predicted molar refractivity (Wildman–Crippen MR) is 114 cm³/mol. The summed E-state index contributed by atoms with van der Waals surface area (Å²) in [5.74, 6) is -0.514. The molecule has 0 saturated heterocycles. The van der Waals surface area contributed by atoms with E-state index in [1.54, 1.807) is 43.6 Å². The first-order chi connectivity index (χ1) is 14.1. The van der Waals surface area contributed by atoms with Crippen molar-refractivity contribution in [3.8, 4) is 0 Å². The molecule has 3 aromatic rings. The van der Waals surface area contributed by atoms with Crippen molar-refractivity contribution in [3.63, 3.8) is 0 Å². The fourth-order valence-corrected chi connectivity index (χ4v) is 2.52. The molecule has 0 fully saturated rings. The number of hydrazone groups is 1. The van der Waals surface area contributed by atoms with Crippen LogP contribution in [0.3, 0.4) is 0 Å². The van der Waals surface area contributed by atoms with Crippen molar-refractivity contribution in [3.05, 3.63) is 90.3 Å². The number of benzene rings is 2. The van der Waals surface area contributed by atoms with Gasteiger partial charge in [0.25, 0.3) is 11.8 Å². The van der Waals surface area contributed by atoms with Crippen molar-refractivity contribution in [1.29, 1.82) is 0 Å². The van der Waals surface area contributed by atoms with Gasteiger partial charge in [0.15, 0.2) is 0 Å². The third-order valence-electron chi connectivity index (χ3n) is 4.06. The number of hydrogen-bond acceptors (Lipinski definition) is 5. The zero-order chi connectivity index (χ0) is 20.5. The summed E-state index contributed by atoms with van der Waals surface area (Å²) in [6.07, 6.45) is 3.33. The summed E-state index contributed by atoms with van der Waals surface area (Å²) in [6.45, 7) is 1.83. The standard InChI is InChI=1S/C22H21N5O2/c1-16(17-10-12-23-13-11-17)26-27-21(28)15-24-20-9-5-6-18(14-20)22(29)25-19-7-3-2-4-8-19/h2-14,24H,15H2,1H3,(H,25,29)(H,27,28)/b26-16+. The minimum Gasteiger partial charge on any atom is -0.376 e. The molecule has 0 radical (unpaired) electrons. The van der Waals surface area contributed by atoms with Crippen LogP contribution in [0.5, 0.6) is 0 Å². The van der Waals surface area contributed by atoms with Gasteiger partial charge in [0.1, 0.15) is 0 Å². The smallest absolute Gasteiger partial charge is 0.259 e. The van der Waals surface area contributed by atoms with E-state index in [1.807, 2.05) is 42.5 Å². The molecular weight excluding hydrogens is 366 g/mol. The maximum atomic E-state index is 12.4. The zero-order valence-electron chi connectivity index (χ0n) is 15.9. The first-order valence-electron chi connectivity index (χ1n) is 9.06. The number of carbonyl (C=O) groups is 2. The van der Waals surface area contributed by atoms with Gasteiger partial charge in [0, 0.05) is 34.9 Å².